The predicted molar refractivity (Wildman–Crippen MR) is 92.8 cm³/mol. The lowest BCUT2D eigenvalue weighted by atomic mass is 10.1. The molecule has 0 bridgehead atoms. The number of carbonyl (C=O) groups excluding carboxylic acids is 1. The van der Waals surface area contributed by atoms with Gasteiger partial charge in [0.15, 0.2) is 10.8 Å². The number of aromatic nitrogens is 3. The van der Waals surface area contributed by atoms with E-state index in [-0.39, 0.29) is 27.4 Å². The van der Waals surface area contributed by atoms with Crippen LogP contribution in [0.1, 0.15) is 10.4 Å². The molecule has 0 N–H and O–H groups in total. The summed E-state index contributed by atoms with van der Waals surface area (Å²) in [6.07, 6.45) is 2.94. The largest absolute Gasteiger partial charge is 0.450 e. The van der Waals surface area contributed by atoms with E-state index in [1.54, 1.807) is 17.6 Å². The van der Waals surface area contributed by atoms with Gasteiger partial charge in [-0.05, 0) is 22.0 Å². The first-order valence-electron chi connectivity index (χ1n) is 6.56. The van der Waals surface area contributed by atoms with Crippen LogP contribution in [0, 0.1) is 5.82 Å². The Hall–Kier alpha value is -1.90. The van der Waals surface area contributed by atoms with E-state index in [1.165, 1.54) is 29.7 Å². The van der Waals surface area contributed by atoms with Crippen LogP contribution in [0.3, 0.4) is 0 Å². The molecular formula is C15H8BrClFN3O2S. The number of esters is 1. The van der Waals surface area contributed by atoms with Crippen molar-refractivity contribution in [1.29, 1.82) is 0 Å². The van der Waals surface area contributed by atoms with Crippen LogP contribution in [0.5, 0.6) is 0 Å². The van der Waals surface area contributed by atoms with Crippen LogP contribution in [-0.2, 0) is 4.74 Å². The number of hydrogen-bond acceptors (Lipinski definition) is 6. The molecule has 0 amide bonds. The van der Waals surface area contributed by atoms with Gasteiger partial charge in [-0.15, -0.1) is 11.3 Å². The van der Waals surface area contributed by atoms with E-state index in [2.05, 4.69) is 30.9 Å². The Bertz CT molecular complexity index is 892. The zero-order valence-corrected chi connectivity index (χ0v) is 15.0. The fourth-order valence-corrected chi connectivity index (χ4v) is 2.99. The van der Waals surface area contributed by atoms with Crippen molar-refractivity contribution in [3.63, 3.8) is 0 Å². The van der Waals surface area contributed by atoms with Crippen LogP contribution >= 0.6 is 38.9 Å². The summed E-state index contributed by atoms with van der Waals surface area (Å²) >= 11 is 10.4. The third kappa shape index (κ3) is 3.31. The number of nitrogens with zero attached hydrogens (tertiary/aromatic N) is 3. The Morgan fingerprint density at radius 2 is 2.21 bits per heavy atom. The number of halogens is 3. The highest BCUT2D eigenvalue weighted by molar-refractivity contribution is 9.09. The van der Waals surface area contributed by atoms with E-state index in [0.717, 1.165) is 0 Å². The van der Waals surface area contributed by atoms with Crippen LogP contribution in [0.25, 0.3) is 22.1 Å². The van der Waals surface area contributed by atoms with Crippen LogP contribution in [0.15, 0.2) is 36.0 Å². The van der Waals surface area contributed by atoms with E-state index in [1.807, 2.05) is 0 Å². The van der Waals surface area contributed by atoms with Gasteiger partial charge in [-0.1, -0.05) is 23.7 Å². The van der Waals surface area contributed by atoms with Gasteiger partial charge >= 0.3 is 5.97 Å². The fraction of sp³-hybridized carbons (Fsp3) is 0.0667. The number of alkyl halides is 1. The summed E-state index contributed by atoms with van der Waals surface area (Å²) in [6.45, 7) is 0. The summed E-state index contributed by atoms with van der Waals surface area (Å²) in [6, 6.07) is 4.29. The zero-order valence-electron chi connectivity index (χ0n) is 11.9. The van der Waals surface area contributed by atoms with Gasteiger partial charge in [-0.25, -0.2) is 24.1 Å². The highest BCUT2D eigenvalue weighted by atomic mass is 79.9. The van der Waals surface area contributed by atoms with Crippen molar-refractivity contribution < 1.29 is 13.9 Å². The third-order valence-electron chi connectivity index (χ3n) is 3.02. The first-order chi connectivity index (χ1) is 11.6. The quantitative estimate of drug-likeness (QED) is 0.450. The standard InChI is InChI=1S/C15H8BrClFN3O2S/c16-7-23-15(22)9-6-20-13(14-19-4-5-24-14)21-12(9)8-2-1-3-10(18)11(8)17/h1-6H,7H2. The van der Waals surface area contributed by atoms with Gasteiger partial charge in [-0.2, -0.15) is 0 Å². The lowest BCUT2D eigenvalue weighted by Crippen LogP contribution is -2.09. The molecule has 0 saturated heterocycles. The van der Waals surface area contributed by atoms with E-state index >= 15 is 0 Å². The topological polar surface area (TPSA) is 65.0 Å². The van der Waals surface area contributed by atoms with Crippen molar-refractivity contribution in [2.45, 2.75) is 0 Å². The molecule has 0 aliphatic carbocycles. The highest BCUT2D eigenvalue weighted by Crippen LogP contribution is 2.32. The molecule has 122 valence electrons. The third-order valence-corrected chi connectivity index (χ3v) is 4.41. The molecule has 5 nitrogen and oxygen atoms in total. The van der Waals surface area contributed by atoms with Crippen LogP contribution in [0.4, 0.5) is 4.39 Å². The van der Waals surface area contributed by atoms with Gasteiger partial charge < -0.3 is 4.74 Å². The minimum absolute atomic E-state index is 0.0103. The maximum Gasteiger partial charge on any atom is 0.342 e. The SMILES string of the molecule is O=C(OCBr)c1cnc(-c2nccs2)nc1-c1cccc(F)c1Cl. The smallest absolute Gasteiger partial charge is 0.342 e. The van der Waals surface area contributed by atoms with Gasteiger partial charge in [0.2, 0.25) is 0 Å². The number of benzene rings is 1. The first-order valence-corrected chi connectivity index (χ1v) is 8.94. The summed E-state index contributed by atoms with van der Waals surface area (Å²) in [5.74, 6) is -0.938. The minimum Gasteiger partial charge on any atom is -0.450 e. The number of hydrogen-bond donors (Lipinski definition) is 0. The molecule has 3 aromatic rings. The fourth-order valence-electron chi connectivity index (χ4n) is 1.99. The summed E-state index contributed by atoms with van der Waals surface area (Å²) in [4.78, 5) is 24.8. The molecule has 0 radical (unpaired) electrons. The average Bonchev–Trinajstić information content (AvgIpc) is 3.12. The highest BCUT2D eigenvalue weighted by Gasteiger charge is 2.21. The lowest BCUT2D eigenvalue weighted by molar-refractivity contribution is 0.0584. The van der Waals surface area contributed by atoms with Crippen LogP contribution in [-0.4, -0.2) is 26.4 Å². The van der Waals surface area contributed by atoms with E-state index < -0.39 is 11.8 Å². The van der Waals surface area contributed by atoms with Crippen LogP contribution in [0.2, 0.25) is 5.02 Å². The lowest BCUT2D eigenvalue weighted by Gasteiger charge is -2.10. The zero-order chi connectivity index (χ0) is 17.1. The molecule has 24 heavy (non-hydrogen) atoms. The van der Waals surface area contributed by atoms with Crippen molar-refractivity contribution in [1.82, 2.24) is 15.0 Å². The molecule has 2 heterocycles. The molecule has 0 spiro atoms. The van der Waals surface area contributed by atoms with Crippen molar-refractivity contribution in [3.8, 4) is 22.1 Å². The number of thiazole rings is 1. The second-order valence-electron chi connectivity index (χ2n) is 4.44. The van der Waals surface area contributed by atoms with Crippen molar-refractivity contribution in [3.05, 3.63) is 52.4 Å². The van der Waals surface area contributed by atoms with E-state index in [0.29, 0.717) is 10.8 Å². The van der Waals surface area contributed by atoms with Crippen molar-refractivity contribution in [2.75, 3.05) is 5.52 Å². The molecule has 0 aliphatic rings. The molecule has 0 aliphatic heterocycles. The normalized spacial score (nSPS) is 10.6. The number of carbonyl (C=O) groups is 1. The Morgan fingerprint density at radius 3 is 2.92 bits per heavy atom. The maximum atomic E-state index is 13.8. The molecule has 3 rings (SSSR count). The predicted octanol–water partition coefficient (Wildman–Crippen LogP) is 4.57. The Labute approximate surface area is 153 Å². The molecule has 0 atom stereocenters. The Balaban J connectivity index is 2.21. The Morgan fingerprint density at radius 1 is 1.38 bits per heavy atom. The molecular weight excluding hydrogens is 421 g/mol. The van der Waals surface area contributed by atoms with Gasteiger partial charge in [0, 0.05) is 23.3 Å². The second kappa shape index (κ2) is 7.33. The molecule has 2 aromatic heterocycles. The van der Waals surface area contributed by atoms with Gasteiger partial charge in [0.25, 0.3) is 0 Å². The monoisotopic (exact) mass is 427 g/mol. The van der Waals surface area contributed by atoms with Gasteiger partial charge in [-0.3, -0.25) is 0 Å². The molecule has 0 fully saturated rings. The van der Waals surface area contributed by atoms with E-state index in [9.17, 15) is 9.18 Å². The number of ether oxygens (including phenoxy) is 1. The van der Waals surface area contributed by atoms with Crippen molar-refractivity contribution in [2.24, 2.45) is 0 Å². The van der Waals surface area contributed by atoms with Crippen LogP contribution < -0.4 is 0 Å². The molecule has 1 aromatic carbocycles. The molecule has 9 heteroatoms. The van der Waals surface area contributed by atoms with Gasteiger partial charge in [0.05, 0.1) is 10.7 Å². The molecule has 0 unspecified atom stereocenters. The average molecular weight is 429 g/mol. The minimum atomic E-state index is -0.645. The first kappa shape index (κ1) is 16.9. The summed E-state index contributed by atoms with van der Waals surface area (Å²) in [7, 11) is 0. The number of rotatable bonds is 4. The van der Waals surface area contributed by atoms with Crippen molar-refractivity contribution >= 4 is 44.8 Å². The summed E-state index contributed by atoms with van der Waals surface area (Å²) in [5.41, 5.74) is 0.558. The van der Waals surface area contributed by atoms with Gasteiger partial charge in [0.1, 0.15) is 16.9 Å². The Kier molecular flexibility index (Phi) is 5.17. The maximum absolute atomic E-state index is 13.8. The second-order valence-corrected chi connectivity index (χ2v) is 6.17. The molecule has 0 saturated carbocycles. The van der Waals surface area contributed by atoms with E-state index in [4.69, 9.17) is 16.3 Å². The summed E-state index contributed by atoms with van der Waals surface area (Å²) < 4.78 is 18.7. The summed E-state index contributed by atoms with van der Waals surface area (Å²) in [5, 5.41) is 2.22.